The van der Waals surface area contributed by atoms with Crippen LogP contribution in [0.15, 0.2) is 0 Å². The molecule has 0 bridgehead atoms. The molecule has 0 aromatic heterocycles. The summed E-state index contributed by atoms with van der Waals surface area (Å²) in [6, 6.07) is 0. The van der Waals surface area contributed by atoms with Crippen LogP contribution < -0.4 is 0 Å². The van der Waals surface area contributed by atoms with E-state index in [0.717, 1.165) is 44.9 Å². The van der Waals surface area contributed by atoms with Gasteiger partial charge in [-0.2, -0.15) is 0 Å². The quantitative estimate of drug-likeness (QED) is 0.471. The van der Waals surface area contributed by atoms with Crippen LogP contribution in [0.1, 0.15) is 85.5 Å². The number of rotatable bonds is 13. The number of carboxylic acid groups (broad SMARTS) is 2. The Hall–Kier alpha value is -1.06. The van der Waals surface area contributed by atoms with Crippen LogP contribution in [-0.4, -0.2) is 22.2 Å². The Kier molecular flexibility index (Phi) is 10.1. The van der Waals surface area contributed by atoms with Gasteiger partial charge in [0.15, 0.2) is 0 Å². The van der Waals surface area contributed by atoms with Crippen LogP contribution in [0.4, 0.5) is 0 Å². The normalized spacial score (nSPS) is 15.5. The van der Waals surface area contributed by atoms with Gasteiger partial charge in [0.25, 0.3) is 0 Å². The average molecular weight is 314 g/mol. The molecular weight excluding hydrogens is 280 g/mol. The maximum absolute atomic E-state index is 11.6. The molecule has 0 amide bonds. The van der Waals surface area contributed by atoms with Gasteiger partial charge in [0.05, 0.1) is 11.3 Å². The molecule has 0 spiro atoms. The van der Waals surface area contributed by atoms with E-state index < -0.39 is 17.4 Å². The van der Waals surface area contributed by atoms with E-state index in [-0.39, 0.29) is 5.92 Å². The zero-order valence-corrected chi connectivity index (χ0v) is 14.7. The second-order valence-corrected chi connectivity index (χ2v) is 6.94. The number of aliphatic carboxylic acids is 2. The molecule has 0 fully saturated rings. The molecule has 0 saturated carbocycles. The number of carboxylic acids is 2. The fourth-order valence-electron chi connectivity index (χ4n) is 2.95. The highest BCUT2D eigenvalue weighted by Gasteiger charge is 2.34. The van der Waals surface area contributed by atoms with Crippen molar-refractivity contribution in [2.75, 3.05) is 0 Å². The smallest absolute Gasteiger partial charge is 0.309 e. The van der Waals surface area contributed by atoms with Gasteiger partial charge in [0.2, 0.25) is 0 Å². The van der Waals surface area contributed by atoms with Gasteiger partial charge in [0.1, 0.15) is 0 Å². The number of carbonyl (C=O) groups is 2. The van der Waals surface area contributed by atoms with Gasteiger partial charge in [-0.1, -0.05) is 59.3 Å². The zero-order chi connectivity index (χ0) is 17.2. The summed E-state index contributed by atoms with van der Waals surface area (Å²) >= 11 is 0. The van der Waals surface area contributed by atoms with E-state index in [4.69, 9.17) is 5.11 Å². The van der Waals surface area contributed by atoms with E-state index >= 15 is 0 Å². The Balaban J connectivity index is 4.11. The van der Waals surface area contributed by atoms with Crippen LogP contribution in [0, 0.1) is 17.3 Å². The average Bonchev–Trinajstić information content (AvgIpc) is 2.47. The maximum Gasteiger partial charge on any atom is 0.309 e. The first-order chi connectivity index (χ1) is 10.3. The topological polar surface area (TPSA) is 74.6 Å². The fraction of sp³-hybridized carbons (Fsp3) is 0.889. The second-order valence-electron chi connectivity index (χ2n) is 6.94. The lowest BCUT2D eigenvalue weighted by atomic mass is 9.75. The number of hydrogen-bond donors (Lipinski definition) is 2. The fourth-order valence-corrected chi connectivity index (χ4v) is 2.95. The monoisotopic (exact) mass is 314 g/mol. The first-order valence-corrected chi connectivity index (χ1v) is 8.73. The Labute approximate surface area is 135 Å². The Morgan fingerprint density at radius 3 is 2.00 bits per heavy atom. The van der Waals surface area contributed by atoms with Crippen LogP contribution in [0.25, 0.3) is 0 Å². The van der Waals surface area contributed by atoms with Gasteiger partial charge >= 0.3 is 11.9 Å². The summed E-state index contributed by atoms with van der Waals surface area (Å²) in [6.07, 6.45) is 8.03. The maximum atomic E-state index is 11.6. The molecule has 0 aliphatic heterocycles. The Morgan fingerprint density at radius 1 is 1.00 bits per heavy atom. The Bertz CT molecular complexity index is 336. The minimum atomic E-state index is -0.733. The van der Waals surface area contributed by atoms with Crippen molar-refractivity contribution in [2.45, 2.75) is 85.5 Å². The second kappa shape index (κ2) is 10.6. The predicted octanol–water partition coefficient (Wildman–Crippen LogP) is 4.96. The Morgan fingerprint density at radius 2 is 1.55 bits per heavy atom. The molecule has 0 aliphatic carbocycles. The van der Waals surface area contributed by atoms with Crippen LogP contribution in [-0.2, 0) is 9.59 Å². The van der Waals surface area contributed by atoms with E-state index in [2.05, 4.69) is 13.8 Å². The molecule has 0 rings (SSSR count). The van der Waals surface area contributed by atoms with Crippen molar-refractivity contribution >= 4 is 11.9 Å². The highest BCUT2D eigenvalue weighted by atomic mass is 16.4. The standard InChI is InChI=1S/C18H34O4/c1-5-15(6-2)13-18(4,17(21)22)12-10-8-7-9-11-14(3)16(19)20/h14-15H,5-13H2,1-4H3,(H,19,20)(H,21,22). The van der Waals surface area contributed by atoms with Crippen LogP contribution in [0.5, 0.6) is 0 Å². The lowest BCUT2D eigenvalue weighted by Gasteiger charge is -2.29. The molecule has 4 nitrogen and oxygen atoms in total. The summed E-state index contributed by atoms with van der Waals surface area (Å²) in [5.74, 6) is -1.21. The van der Waals surface area contributed by atoms with E-state index in [9.17, 15) is 14.7 Å². The van der Waals surface area contributed by atoms with Crippen LogP contribution in [0.2, 0.25) is 0 Å². The van der Waals surface area contributed by atoms with Gasteiger partial charge < -0.3 is 10.2 Å². The SMILES string of the molecule is CCC(CC)CC(C)(CCCCCCC(C)C(=O)O)C(=O)O. The molecule has 0 saturated heterocycles. The predicted molar refractivity (Wildman–Crippen MR) is 88.9 cm³/mol. The van der Waals surface area contributed by atoms with E-state index in [1.807, 2.05) is 6.92 Å². The summed E-state index contributed by atoms with van der Waals surface area (Å²) in [6.45, 7) is 7.86. The van der Waals surface area contributed by atoms with E-state index in [1.54, 1.807) is 6.92 Å². The van der Waals surface area contributed by atoms with Crippen LogP contribution in [0.3, 0.4) is 0 Å². The molecule has 130 valence electrons. The molecule has 2 atom stereocenters. The first-order valence-electron chi connectivity index (χ1n) is 8.73. The van der Waals surface area contributed by atoms with E-state index in [0.29, 0.717) is 18.8 Å². The summed E-state index contributed by atoms with van der Waals surface area (Å²) in [5, 5.41) is 18.4. The molecule has 0 aliphatic rings. The molecular formula is C18H34O4. The van der Waals surface area contributed by atoms with Gasteiger partial charge in [-0.3, -0.25) is 9.59 Å². The molecule has 0 aromatic rings. The summed E-state index contributed by atoms with van der Waals surface area (Å²) < 4.78 is 0. The highest BCUT2D eigenvalue weighted by Crippen LogP contribution is 2.35. The summed E-state index contributed by atoms with van der Waals surface area (Å²) in [7, 11) is 0. The molecule has 2 N–H and O–H groups in total. The third kappa shape index (κ3) is 7.81. The molecule has 0 aromatic carbocycles. The van der Waals surface area contributed by atoms with E-state index in [1.165, 1.54) is 0 Å². The molecule has 22 heavy (non-hydrogen) atoms. The largest absolute Gasteiger partial charge is 0.481 e. The molecule has 0 heterocycles. The van der Waals surface area contributed by atoms with Crippen LogP contribution >= 0.6 is 0 Å². The van der Waals surface area contributed by atoms with Gasteiger partial charge in [-0.25, -0.2) is 0 Å². The third-order valence-corrected chi connectivity index (χ3v) is 4.95. The minimum absolute atomic E-state index is 0.279. The lowest BCUT2D eigenvalue weighted by Crippen LogP contribution is -2.30. The van der Waals surface area contributed by atoms with Gasteiger partial charge in [-0.15, -0.1) is 0 Å². The van der Waals surface area contributed by atoms with Crippen molar-refractivity contribution in [1.82, 2.24) is 0 Å². The van der Waals surface area contributed by atoms with Crippen molar-refractivity contribution in [2.24, 2.45) is 17.3 Å². The van der Waals surface area contributed by atoms with Crippen molar-refractivity contribution in [1.29, 1.82) is 0 Å². The molecule has 2 unspecified atom stereocenters. The van der Waals surface area contributed by atoms with Crippen molar-refractivity contribution in [3.8, 4) is 0 Å². The zero-order valence-electron chi connectivity index (χ0n) is 14.7. The van der Waals surface area contributed by atoms with Crippen molar-refractivity contribution in [3.63, 3.8) is 0 Å². The third-order valence-electron chi connectivity index (χ3n) is 4.95. The minimum Gasteiger partial charge on any atom is -0.481 e. The first kappa shape index (κ1) is 20.9. The van der Waals surface area contributed by atoms with Crippen molar-refractivity contribution < 1.29 is 19.8 Å². The highest BCUT2D eigenvalue weighted by molar-refractivity contribution is 5.74. The molecule has 0 radical (unpaired) electrons. The van der Waals surface area contributed by atoms with Gasteiger partial charge in [0, 0.05) is 0 Å². The number of hydrogen-bond acceptors (Lipinski definition) is 2. The van der Waals surface area contributed by atoms with Gasteiger partial charge in [-0.05, 0) is 32.1 Å². The summed E-state index contributed by atoms with van der Waals surface area (Å²) in [4.78, 5) is 22.3. The number of unbranched alkanes of at least 4 members (excludes halogenated alkanes) is 3. The lowest BCUT2D eigenvalue weighted by molar-refractivity contribution is -0.149. The summed E-state index contributed by atoms with van der Waals surface area (Å²) in [5.41, 5.74) is -0.620. The van der Waals surface area contributed by atoms with Crippen molar-refractivity contribution in [3.05, 3.63) is 0 Å². The molecule has 4 heteroatoms.